The number of hydrogen-bond acceptors (Lipinski definition) is 5. The Balaban J connectivity index is 2.30. The predicted octanol–water partition coefficient (Wildman–Crippen LogP) is 3.61. The van der Waals surface area contributed by atoms with Crippen LogP contribution < -0.4 is 5.32 Å². The molecule has 124 valence electrons. The van der Waals surface area contributed by atoms with E-state index in [9.17, 15) is 25.0 Å². The summed E-state index contributed by atoms with van der Waals surface area (Å²) >= 11 is 5.90. The first-order chi connectivity index (χ1) is 10.9. The van der Waals surface area contributed by atoms with Crippen molar-refractivity contribution in [1.29, 1.82) is 0 Å². The van der Waals surface area contributed by atoms with Crippen LogP contribution in [0.25, 0.3) is 0 Å². The normalized spacial score (nSPS) is 15.7. The molecule has 1 N–H and O–H groups in total. The molecule has 1 aromatic rings. The van der Waals surface area contributed by atoms with Crippen molar-refractivity contribution in [1.82, 2.24) is 5.32 Å². The van der Waals surface area contributed by atoms with Gasteiger partial charge in [0.05, 0.1) is 21.5 Å². The van der Waals surface area contributed by atoms with Crippen LogP contribution >= 0.6 is 11.6 Å². The van der Waals surface area contributed by atoms with Crippen molar-refractivity contribution < 1.29 is 14.6 Å². The molecular formula is C14H16ClN3O5. The van der Waals surface area contributed by atoms with Crippen molar-refractivity contribution in [2.75, 3.05) is 0 Å². The van der Waals surface area contributed by atoms with Crippen molar-refractivity contribution >= 4 is 28.9 Å². The van der Waals surface area contributed by atoms with Gasteiger partial charge < -0.3 is 5.32 Å². The molecule has 0 bridgehead atoms. The average Bonchev–Trinajstić information content (AvgIpc) is 2.75. The highest BCUT2D eigenvalue weighted by molar-refractivity contribution is 6.36. The van der Waals surface area contributed by atoms with Crippen LogP contribution in [0.4, 0.5) is 11.4 Å². The van der Waals surface area contributed by atoms with Crippen LogP contribution in [-0.2, 0) is 0 Å². The standard InChI is InChI=1S/C14H16ClN3O5/c15-13-11(7-10(17(20)21)8-12(13)18(22)23)14(19)16-9-5-3-1-2-4-6-9/h7-9H,1-6H2,(H,16,19). The molecule has 0 spiro atoms. The highest BCUT2D eigenvalue weighted by atomic mass is 35.5. The molecule has 0 aromatic heterocycles. The number of halogens is 1. The summed E-state index contributed by atoms with van der Waals surface area (Å²) in [6.45, 7) is 0. The Morgan fingerprint density at radius 1 is 1.09 bits per heavy atom. The van der Waals surface area contributed by atoms with Gasteiger partial charge in [0.25, 0.3) is 17.3 Å². The zero-order valence-electron chi connectivity index (χ0n) is 12.3. The Hall–Kier alpha value is -2.22. The molecule has 0 atom stereocenters. The van der Waals surface area contributed by atoms with Gasteiger partial charge in [0, 0.05) is 12.1 Å². The zero-order chi connectivity index (χ0) is 17.0. The summed E-state index contributed by atoms with van der Waals surface area (Å²) in [5.41, 5.74) is -1.42. The molecule has 1 aromatic carbocycles. The van der Waals surface area contributed by atoms with E-state index in [1.165, 1.54) is 0 Å². The van der Waals surface area contributed by atoms with E-state index in [0.717, 1.165) is 50.7 Å². The molecule has 1 aliphatic carbocycles. The molecule has 1 aliphatic rings. The van der Waals surface area contributed by atoms with E-state index < -0.39 is 27.1 Å². The molecule has 9 heteroatoms. The van der Waals surface area contributed by atoms with Crippen LogP contribution in [-0.4, -0.2) is 21.8 Å². The Bertz CT molecular complexity index is 642. The maximum Gasteiger partial charge on any atom is 0.295 e. The van der Waals surface area contributed by atoms with Crippen LogP contribution in [0, 0.1) is 20.2 Å². The minimum Gasteiger partial charge on any atom is -0.349 e. The Kier molecular flexibility index (Phi) is 5.49. The maximum atomic E-state index is 12.4. The summed E-state index contributed by atoms with van der Waals surface area (Å²) < 4.78 is 0. The van der Waals surface area contributed by atoms with Crippen LogP contribution in [0.3, 0.4) is 0 Å². The Morgan fingerprint density at radius 2 is 1.70 bits per heavy atom. The molecule has 0 unspecified atom stereocenters. The van der Waals surface area contributed by atoms with Crippen molar-refractivity contribution in [3.63, 3.8) is 0 Å². The van der Waals surface area contributed by atoms with E-state index in [4.69, 9.17) is 11.6 Å². The number of nitrogens with one attached hydrogen (secondary N) is 1. The van der Waals surface area contributed by atoms with Gasteiger partial charge in [-0.3, -0.25) is 25.0 Å². The molecule has 1 fully saturated rings. The molecule has 2 rings (SSSR count). The third-order valence-corrected chi connectivity index (χ3v) is 4.28. The van der Waals surface area contributed by atoms with E-state index in [1.54, 1.807) is 0 Å². The molecule has 0 heterocycles. The highest BCUT2D eigenvalue weighted by Gasteiger charge is 2.27. The number of carbonyl (C=O) groups is 1. The van der Waals surface area contributed by atoms with E-state index in [-0.39, 0.29) is 16.6 Å². The summed E-state index contributed by atoms with van der Waals surface area (Å²) in [5, 5.41) is 24.3. The van der Waals surface area contributed by atoms with Gasteiger partial charge in [0.2, 0.25) is 0 Å². The van der Waals surface area contributed by atoms with Crippen LogP contribution in [0.1, 0.15) is 48.9 Å². The summed E-state index contributed by atoms with van der Waals surface area (Å²) in [6, 6.07) is 1.69. The monoisotopic (exact) mass is 341 g/mol. The minimum atomic E-state index is -0.836. The first-order valence-electron chi connectivity index (χ1n) is 7.33. The van der Waals surface area contributed by atoms with E-state index >= 15 is 0 Å². The average molecular weight is 342 g/mol. The van der Waals surface area contributed by atoms with Crippen molar-refractivity contribution in [2.24, 2.45) is 0 Å². The van der Waals surface area contributed by atoms with Gasteiger partial charge >= 0.3 is 0 Å². The number of non-ortho nitro benzene ring substituents is 1. The second-order valence-electron chi connectivity index (χ2n) is 5.50. The minimum absolute atomic E-state index is 0.0422. The number of benzene rings is 1. The third kappa shape index (κ3) is 4.16. The molecule has 0 saturated heterocycles. The second-order valence-corrected chi connectivity index (χ2v) is 5.88. The number of nitro benzene ring substituents is 2. The lowest BCUT2D eigenvalue weighted by Crippen LogP contribution is -2.34. The maximum absolute atomic E-state index is 12.4. The smallest absolute Gasteiger partial charge is 0.295 e. The number of nitro groups is 2. The number of hydrogen-bond donors (Lipinski definition) is 1. The van der Waals surface area contributed by atoms with Crippen molar-refractivity contribution in [3.8, 4) is 0 Å². The summed E-state index contributed by atoms with van der Waals surface area (Å²) in [6.07, 6.45) is 5.84. The first kappa shape index (κ1) is 17.1. The molecule has 23 heavy (non-hydrogen) atoms. The van der Waals surface area contributed by atoms with Crippen molar-refractivity contribution in [3.05, 3.63) is 42.9 Å². The highest BCUT2D eigenvalue weighted by Crippen LogP contribution is 2.33. The largest absolute Gasteiger partial charge is 0.349 e. The Labute approximate surface area is 137 Å². The molecule has 8 nitrogen and oxygen atoms in total. The third-order valence-electron chi connectivity index (χ3n) is 3.88. The molecule has 1 saturated carbocycles. The number of carbonyl (C=O) groups excluding carboxylic acids is 1. The molecule has 0 aliphatic heterocycles. The summed E-state index contributed by atoms with van der Waals surface area (Å²) in [7, 11) is 0. The van der Waals surface area contributed by atoms with Gasteiger partial charge in [-0.25, -0.2) is 0 Å². The van der Waals surface area contributed by atoms with E-state index in [0.29, 0.717) is 0 Å². The van der Waals surface area contributed by atoms with E-state index in [2.05, 4.69) is 5.32 Å². The first-order valence-corrected chi connectivity index (χ1v) is 7.71. The fraction of sp³-hybridized carbons (Fsp3) is 0.500. The summed E-state index contributed by atoms with van der Waals surface area (Å²) in [5.74, 6) is -0.617. The van der Waals surface area contributed by atoms with E-state index in [1.807, 2.05) is 0 Å². The van der Waals surface area contributed by atoms with Crippen molar-refractivity contribution in [2.45, 2.75) is 44.6 Å². The lowest BCUT2D eigenvalue weighted by molar-refractivity contribution is -0.394. The predicted molar refractivity (Wildman–Crippen MR) is 83.7 cm³/mol. The van der Waals surface area contributed by atoms with Gasteiger partial charge in [-0.2, -0.15) is 0 Å². The van der Waals surface area contributed by atoms with Gasteiger partial charge in [-0.05, 0) is 12.8 Å². The zero-order valence-corrected chi connectivity index (χ0v) is 13.0. The number of amides is 1. The lowest BCUT2D eigenvalue weighted by atomic mass is 10.1. The number of nitrogens with zero attached hydrogens (tertiary/aromatic N) is 2. The van der Waals surface area contributed by atoms with Crippen LogP contribution in [0.5, 0.6) is 0 Å². The van der Waals surface area contributed by atoms with Gasteiger partial charge in [0.1, 0.15) is 5.02 Å². The molecule has 0 radical (unpaired) electrons. The fourth-order valence-corrected chi connectivity index (χ4v) is 2.95. The number of rotatable bonds is 4. The van der Waals surface area contributed by atoms with Gasteiger partial charge in [-0.15, -0.1) is 0 Å². The topological polar surface area (TPSA) is 115 Å². The lowest BCUT2D eigenvalue weighted by Gasteiger charge is -2.16. The quantitative estimate of drug-likeness (QED) is 0.510. The van der Waals surface area contributed by atoms with Crippen LogP contribution in [0.2, 0.25) is 5.02 Å². The van der Waals surface area contributed by atoms with Crippen LogP contribution in [0.15, 0.2) is 12.1 Å². The Morgan fingerprint density at radius 3 is 2.22 bits per heavy atom. The summed E-state index contributed by atoms with van der Waals surface area (Å²) in [4.78, 5) is 32.6. The molecule has 1 amide bonds. The fourth-order valence-electron chi connectivity index (χ4n) is 2.68. The molecular weight excluding hydrogens is 326 g/mol. The van der Waals surface area contributed by atoms with Gasteiger partial charge in [0.15, 0.2) is 0 Å². The SMILES string of the molecule is O=C(NC1CCCCCC1)c1cc([N+](=O)[O-])cc([N+](=O)[O-])c1Cl. The second kappa shape index (κ2) is 7.36. The van der Waals surface area contributed by atoms with Gasteiger partial charge in [-0.1, -0.05) is 37.3 Å².